The second-order valence-corrected chi connectivity index (χ2v) is 6.02. The van der Waals surface area contributed by atoms with Gasteiger partial charge in [-0.25, -0.2) is 0 Å². The molecule has 0 bridgehead atoms. The Morgan fingerprint density at radius 1 is 1.33 bits per heavy atom. The summed E-state index contributed by atoms with van der Waals surface area (Å²) in [5, 5.41) is 3.03. The van der Waals surface area contributed by atoms with Gasteiger partial charge >= 0.3 is 0 Å². The van der Waals surface area contributed by atoms with E-state index in [1.165, 1.54) is 17.7 Å². The van der Waals surface area contributed by atoms with Gasteiger partial charge in [0.15, 0.2) is 6.54 Å². The quantitative estimate of drug-likeness (QED) is 0.809. The number of likely N-dealkylation sites (tertiary alicyclic amines) is 1. The Hall–Kier alpha value is -1.55. The van der Waals surface area contributed by atoms with Gasteiger partial charge in [0.1, 0.15) is 5.75 Å². The van der Waals surface area contributed by atoms with Crippen LogP contribution in [-0.4, -0.2) is 39.2 Å². The Labute approximate surface area is 127 Å². The minimum absolute atomic E-state index is 0.162. The molecule has 1 aromatic rings. The van der Waals surface area contributed by atoms with Gasteiger partial charge in [-0.2, -0.15) is 0 Å². The van der Waals surface area contributed by atoms with Crippen molar-refractivity contribution in [3.8, 4) is 5.75 Å². The first-order chi connectivity index (χ1) is 10.2. The summed E-state index contributed by atoms with van der Waals surface area (Å²) in [5.74, 6) is 1.87. The summed E-state index contributed by atoms with van der Waals surface area (Å²) in [6.45, 7) is 5.83. The van der Waals surface area contributed by atoms with Gasteiger partial charge in [0.05, 0.1) is 20.2 Å². The van der Waals surface area contributed by atoms with E-state index < -0.39 is 0 Å². The van der Waals surface area contributed by atoms with Crippen molar-refractivity contribution in [1.82, 2.24) is 5.32 Å². The summed E-state index contributed by atoms with van der Waals surface area (Å²) in [6.07, 6.45) is 3.29. The minimum atomic E-state index is 0.162. The summed E-state index contributed by atoms with van der Waals surface area (Å²) in [7, 11) is 1.68. The number of methoxy groups -OCH3 is 1. The normalized spacial score (nSPS) is 21.8. The molecule has 0 unspecified atom stereocenters. The van der Waals surface area contributed by atoms with Crippen molar-refractivity contribution < 1.29 is 14.4 Å². The van der Waals surface area contributed by atoms with Crippen molar-refractivity contribution >= 4 is 5.91 Å². The van der Waals surface area contributed by atoms with Crippen LogP contribution in [0.5, 0.6) is 5.75 Å². The van der Waals surface area contributed by atoms with E-state index >= 15 is 0 Å². The van der Waals surface area contributed by atoms with E-state index in [1.54, 1.807) is 7.11 Å². The highest BCUT2D eigenvalue weighted by Crippen LogP contribution is 2.17. The molecule has 0 atom stereocenters. The van der Waals surface area contributed by atoms with Gasteiger partial charge in [-0.15, -0.1) is 0 Å². The molecule has 4 nitrogen and oxygen atoms in total. The molecule has 1 aliphatic rings. The zero-order chi connectivity index (χ0) is 15.1. The van der Waals surface area contributed by atoms with Crippen molar-refractivity contribution in [3.05, 3.63) is 29.8 Å². The highest BCUT2D eigenvalue weighted by Gasteiger charge is 2.20. The van der Waals surface area contributed by atoms with Crippen LogP contribution in [-0.2, 0) is 11.2 Å². The van der Waals surface area contributed by atoms with Crippen molar-refractivity contribution in [3.63, 3.8) is 0 Å². The van der Waals surface area contributed by atoms with Gasteiger partial charge < -0.3 is 15.0 Å². The molecule has 116 valence electrons. The van der Waals surface area contributed by atoms with Crippen LogP contribution in [0.4, 0.5) is 0 Å². The number of ether oxygens (including phenoxy) is 1. The highest BCUT2D eigenvalue weighted by molar-refractivity contribution is 5.76. The molecule has 0 aromatic heterocycles. The van der Waals surface area contributed by atoms with Crippen molar-refractivity contribution in [2.75, 3.05) is 33.3 Å². The van der Waals surface area contributed by atoms with Crippen LogP contribution in [0.25, 0.3) is 0 Å². The SMILES string of the molecule is COc1ccccc1CCNC(=O)C[NH+]1CCC(C)CC1. The maximum Gasteiger partial charge on any atom is 0.275 e. The number of hydrogen-bond donors (Lipinski definition) is 2. The average Bonchev–Trinajstić information content (AvgIpc) is 2.50. The fourth-order valence-corrected chi connectivity index (χ4v) is 2.88. The molecule has 1 saturated heterocycles. The first-order valence-corrected chi connectivity index (χ1v) is 7.91. The van der Waals surface area contributed by atoms with E-state index in [-0.39, 0.29) is 5.91 Å². The van der Waals surface area contributed by atoms with E-state index in [0.29, 0.717) is 13.1 Å². The average molecular weight is 291 g/mol. The second-order valence-electron chi connectivity index (χ2n) is 6.02. The molecule has 1 amide bonds. The number of piperidine rings is 1. The maximum absolute atomic E-state index is 12.0. The lowest BCUT2D eigenvalue weighted by atomic mass is 9.99. The van der Waals surface area contributed by atoms with E-state index in [0.717, 1.165) is 36.7 Å². The van der Waals surface area contributed by atoms with Gasteiger partial charge in [0, 0.05) is 6.54 Å². The number of rotatable bonds is 6. The predicted octanol–water partition coefficient (Wildman–Crippen LogP) is 0.669. The third kappa shape index (κ3) is 5.05. The number of hydrogen-bond acceptors (Lipinski definition) is 2. The number of amides is 1. The number of para-hydroxylation sites is 1. The van der Waals surface area contributed by atoms with Crippen molar-refractivity contribution in [2.45, 2.75) is 26.2 Å². The Bertz CT molecular complexity index is 454. The summed E-state index contributed by atoms with van der Waals surface area (Å²) in [5.41, 5.74) is 1.14. The van der Waals surface area contributed by atoms with Crippen LogP contribution in [0, 0.1) is 5.92 Å². The molecule has 2 N–H and O–H groups in total. The molecule has 0 saturated carbocycles. The van der Waals surface area contributed by atoms with Crippen LogP contribution in [0.3, 0.4) is 0 Å². The van der Waals surface area contributed by atoms with Gasteiger partial charge in [-0.05, 0) is 36.8 Å². The summed E-state index contributed by atoms with van der Waals surface area (Å²) in [6, 6.07) is 7.96. The fraction of sp³-hybridized carbons (Fsp3) is 0.588. The number of carbonyl (C=O) groups excluding carboxylic acids is 1. The third-order valence-electron chi connectivity index (χ3n) is 4.30. The number of carbonyl (C=O) groups is 1. The topological polar surface area (TPSA) is 42.8 Å². The molecule has 1 aromatic carbocycles. The lowest BCUT2D eigenvalue weighted by Gasteiger charge is -2.26. The Morgan fingerprint density at radius 2 is 2.05 bits per heavy atom. The lowest BCUT2D eigenvalue weighted by molar-refractivity contribution is -0.898. The number of quaternary nitrogens is 1. The molecule has 0 radical (unpaired) electrons. The summed E-state index contributed by atoms with van der Waals surface area (Å²) >= 11 is 0. The monoisotopic (exact) mass is 291 g/mol. The fourth-order valence-electron chi connectivity index (χ4n) is 2.88. The van der Waals surface area contributed by atoms with Crippen LogP contribution >= 0.6 is 0 Å². The van der Waals surface area contributed by atoms with Crippen LogP contribution in [0.1, 0.15) is 25.3 Å². The first-order valence-electron chi connectivity index (χ1n) is 7.91. The van der Waals surface area contributed by atoms with Gasteiger partial charge in [0.2, 0.25) is 0 Å². The Kier molecular flexibility index (Phi) is 6.05. The number of nitrogens with one attached hydrogen (secondary N) is 2. The zero-order valence-electron chi connectivity index (χ0n) is 13.2. The first kappa shape index (κ1) is 15.8. The van der Waals surface area contributed by atoms with Gasteiger partial charge in [0.25, 0.3) is 5.91 Å². The van der Waals surface area contributed by atoms with Crippen LogP contribution in [0.2, 0.25) is 0 Å². The summed E-state index contributed by atoms with van der Waals surface area (Å²) in [4.78, 5) is 13.4. The molecule has 0 spiro atoms. The standard InChI is InChI=1S/C17H26N2O2/c1-14-8-11-19(12-9-14)13-17(20)18-10-7-15-5-3-4-6-16(15)21-2/h3-6,14H,7-13H2,1-2H3,(H,18,20)/p+1. The van der Waals surface area contributed by atoms with E-state index in [1.807, 2.05) is 24.3 Å². The molecular formula is C17H27N2O2+. The van der Waals surface area contributed by atoms with Gasteiger partial charge in [-0.3, -0.25) is 4.79 Å². The smallest absolute Gasteiger partial charge is 0.275 e. The summed E-state index contributed by atoms with van der Waals surface area (Å²) < 4.78 is 5.32. The lowest BCUT2D eigenvalue weighted by Crippen LogP contribution is -3.14. The molecule has 1 heterocycles. The third-order valence-corrected chi connectivity index (χ3v) is 4.30. The van der Waals surface area contributed by atoms with Crippen LogP contribution < -0.4 is 15.0 Å². The number of benzene rings is 1. The molecule has 1 fully saturated rings. The molecule has 1 aliphatic heterocycles. The predicted molar refractivity (Wildman–Crippen MR) is 83.7 cm³/mol. The second kappa shape index (κ2) is 8.03. The van der Waals surface area contributed by atoms with Gasteiger partial charge in [-0.1, -0.05) is 25.1 Å². The molecule has 0 aliphatic carbocycles. The molecular weight excluding hydrogens is 264 g/mol. The molecule has 21 heavy (non-hydrogen) atoms. The maximum atomic E-state index is 12.0. The van der Waals surface area contributed by atoms with E-state index in [2.05, 4.69) is 12.2 Å². The largest absolute Gasteiger partial charge is 0.496 e. The van der Waals surface area contributed by atoms with E-state index in [4.69, 9.17) is 4.74 Å². The molecule has 2 rings (SSSR count). The highest BCUT2D eigenvalue weighted by atomic mass is 16.5. The zero-order valence-corrected chi connectivity index (χ0v) is 13.2. The van der Waals surface area contributed by atoms with Crippen LogP contribution in [0.15, 0.2) is 24.3 Å². The molecule has 4 heteroatoms. The Morgan fingerprint density at radius 3 is 2.76 bits per heavy atom. The van der Waals surface area contributed by atoms with Crippen molar-refractivity contribution in [1.29, 1.82) is 0 Å². The minimum Gasteiger partial charge on any atom is -0.496 e. The van der Waals surface area contributed by atoms with E-state index in [9.17, 15) is 4.79 Å². The van der Waals surface area contributed by atoms with Crippen molar-refractivity contribution in [2.24, 2.45) is 5.92 Å². The Balaban J connectivity index is 1.69.